The van der Waals surface area contributed by atoms with Gasteiger partial charge < -0.3 is 9.84 Å². The van der Waals surface area contributed by atoms with Crippen molar-refractivity contribution in [3.05, 3.63) is 23.8 Å². The van der Waals surface area contributed by atoms with Crippen molar-refractivity contribution in [2.75, 3.05) is 6.61 Å². The fourth-order valence-electron chi connectivity index (χ4n) is 1.11. The van der Waals surface area contributed by atoms with Crippen molar-refractivity contribution < 1.29 is 36.2 Å². The first-order valence-electron chi connectivity index (χ1n) is 4.52. The highest BCUT2D eigenvalue weighted by molar-refractivity contribution is 8.13. The predicted octanol–water partition coefficient (Wildman–Crippen LogP) is 2.25. The number of carbonyl (C=O) groups is 1. The first-order valence-corrected chi connectivity index (χ1v) is 6.83. The number of hydrogen-bond acceptors (Lipinski definition) is 4. The van der Waals surface area contributed by atoms with Gasteiger partial charge in [0.05, 0.1) is 4.90 Å². The molecule has 0 aliphatic heterocycles. The van der Waals surface area contributed by atoms with Crippen LogP contribution in [-0.4, -0.2) is 32.3 Å². The van der Waals surface area contributed by atoms with E-state index in [1.165, 1.54) is 0 Å². The van der Waals surface area contributed by atoms with Gasteiger partial charge in [0.25, 0.3) is 9.05 Å². The van der Waals surface area contributed by atoms with Crippen LogP contribution in [-0.2, 0) is 9.05 Å². The van der Waals surface area contributed by atoms with Gasteiger partial charge in [0, 0.05) is 10.7 Å². The van der Waals surface area contributed by atoms with Crippen LogP contribution in [0.25, 0.3) is 0 Å². The first-order chi connectivity index (χ1) is 8.50. The molecule has 0 bridgehead atoms. The van der Waals surface area contributed by atoms with E-state index in [4.69, 9.17) is 15.8 Å². The number of carboxylic acid groups (broad SMARTS) is 1. The van der Waals surface area contributed by atoms with Crippen molar-refractivity contribution in [1.29, 1.82) is 0 Å². The maximum Gasteiger partial charge on any atom is 0.422 e. The minimum absolute atomic E-state index is 0.550. The fourth-order valence-corrected chi connectivity index (χ4v) is 1.89. The summed E-state index contributed by atoms with van der Waals surface area (Å²) in [6.07, 6.45) is -4.65. The average Bonchev–Trinajstić information content (AvgIpc) is 2.23. The van der Waals surface area contributed by atoms with Gasteiger partial charge in [-0.3, -0.25) is 0 Å². The maximum atomic E-state index is 12.0. The van der Waals surface area contributed by atoms with Gasteiger partial charge in [-0.15, -0.1) is 0 Å². The molecule has 10 heteroatoms. The summed E-state index contributed by atoms with van der Waals surface area (Å²) >= 11 is 0. The molecule has 0 unspecified atom stereocenters. The topological polar surface area (TPSA) is 80.7 Å². The van der Waals surface area contributed by atoms with E-state index in [0.29, 0.717) is 6.07 Å². The molecule has 0 aromatic heterocycles. The Balaban J connectivity index is 3.16. The highest BCUT2D eigenvalue weighted by atomic mass is 35.7. The highest BCUT2D eigenvalue weighted by Gasteiger charge is 2.29. The van der Waals surface area contributed by atoms with Crippen molar-refractivity contribution in [3.8, 4) is 5.75 Å². The minimum Gasteiger partial charge on any atom is -0.483 e. The van der Waals surface area contributed by atoms with Crippen LogP contribution in [0.3, 0.4) is 0 Å². The van der Waals surface area contributed by atoms with Gasteiger partial charge in [-0.2, -0.15) is 13.2 Å². The van der Waals surface area contributed by atoms with E-state index in [0.717, 1.165) is 12.1 Å². The monoisotopic (exact) mass is 318 g/mol. The summed E-state index contributed by atoms with van der Waals surface area (Å²) in [5.74, 6) is -2.24. The van der Waals surface area contributed by atoms with Gasteiger partial charge in [-0.05, 0) is 18.2 Å². The van der Waals surface area contributed by atoms with Gasteiger partial charge in [0.1, 0.15) is 11.3 Å². The van der Waals surface area contributed by atoms with Crippen LogP contribution < -0.4 is 4.74 Å². The maximum absolute atomic E-state index is 12.0. The van der Waals surface area contributed by atoms with E-state index in [1.54, 1.807) is 0 Å². The second-order valence-electron chi connectivity index (χ2n) is 3.30. The molecule has 0 saturated carbocycles. The molecule has 5 nitrogen and oxygen atoms in total. The molecule has 0 heterocycles. The molecule has 0 radical (unpaired) electrons. The van der Waals surface area contributed by atoms with E-state index in [2.05, 4.69) is 4.74 Å². The molecule has 1 N–H and O–H groups in total. The smallest absolute Gasteiger partial charge is 0.422 e. The SMILES string of the molecule is O=C(O)c1cc(S(=O)(=O)Cl)ccc1OCC(F)(F)F. The third-order valence-electron chi connectivity index (χ3n) is 1.85. The molecular weight excluding hydrogens is 313 g/mol. The Bertz CT molecular complexity index is 596. The third-order valence-corrected chi connectivity index (χ3v) is 3.21. The van der Waals surface area contributed by atoms with E-state index < -0.39 is 44.0 Å². The minimum atomic E-state index is -4.65. The second-order valence-corrected chi connectivity index (χ2v) is 5.87. The van der Waals surface area contributed by atoms with Gasteiger partial charge >= 0.3 is 12.1 Å². The quantitative estimate of drug-likeness (QED) is 0.861. The number of halogens is 4. The highest BCUT2D eigenvalue weighted by Crippen LogP contribution is 2.26. The fraction of sp³-hybridized carbons (Fsp3) is 0.222. The molecule has 1 rings (SSSR count). The molecule has 0 amide bonds. The first kappa shape index (κ1) is 15.6. The predicted molar refractivity (Wildman–Crippen MR) is 58.0 cm³/mol. The lowest BCUT2D eigenvalue weighted by molar-refractivity contribution is -0.153. The van der Waals surface area contributed by atoms with Crippen molar-refractivity contribution in [3.63, 3.8) is 0 Å². The van der Waals surface area contributed by atoms with E-state index in [-0.39, 0.29) is 0 Å². The largest absolute Gasteiger partial charge is 0.483 e. The molecule has 19 heavy (non-hydrogen) atoms. The van der Waals surface area contributed by atoms with Gasteiger partial charge in [-0.25, -0.2) is 13.2 Å². The van der Waals surface area contributed by atoms with Crippen LogP contribution in [0.5, 0.6) is 5.75 Å². The summed E-state index contributed by atoms with van der Waals surface area (Å²) in [4.78, 5) is 10.3. The van der Waals surface area contributed by atoms with Crippen LogP contribution in [0, 0.1) is 0 Å². The van der Waals surface area contributed by atoms with Crippen LogP contribution in [0.1, 0.15) is 10.4 Å². The van der Waals surface area contributed by atoms with Crippen LogP contribution in [0.4, 0.5) is 13.2 Å². The molecule has 0 aliphatic rings. The van der Waals surface area contributed by atoms with Gasteiger partial charge in [-0.1, -0.05) is 0 Å². The van der Waals surface area contributed by atoms with Crippen molar-refractivity contribution >= 4 is 25.7 Å². The van der Waals surface area contributed by atoms with E-state index >= 15 is 0 Å². The molecular formula is C9H6ClF3O5S. The second kappa shape index (κ2) is 5.25. The Labute approximate surface area is 110 Å². The van der Waals surface area contributed by atoms with Gasteiger partial charge in [0.15, 0.2) is 6.61 Å². The average molecular weight is 319 g/mol. The molecule has 0 spiro atoms. The number of ether oxygens (including phenoxy) is 1. The lowest BCUT2D eigenvalue weighted by Gasteiger charge is -2.11. The summed E-state index contributed by atoms with van der Waals surface area (Å²) in [6.45, 7) is -1.69. The molecule has 1 aromatic carbocycles. The molecule has 0 atom stereocenters. The Morgan fingerprint density at radius 3 is 2.37 bits per heavy atom. The Hall–Kier alpha value is -1.48. The number of alkyl halides is 3. The summed E-state index contributed by atoms with van der Waals surface area (Å²) in [7, 11) is 0.808. The number of benzene rings is 1. The third kappa shape index (κ3) is 4.60. The number of hydrogen-bond donors (Lipinski definition) is 1. The summed E-state index contributed by atoms with van der Waals surface area (Å²) < 4.78 is 62.1. The molecule has 0 fully saturated rings. The lowest BCUT2D eigenvalue weighted by Crippen LogP contribution is -2.20. The van der Waals surface area contributed by atoms with Crippen LogP contribution in [0.2, 0.25) is 0 Å². The number of aromatic carboxylic acids is 1. The Morgan fingerprint density at radius 2 is 1.95 bits per heavy atom. The zero-order valence-electron chi connectivity index (χ0n) is 8.94. The molecule has 106 valence electrons. The Morgan fingerprint density at radius 1 is 1.37 bits per heavy atom. The van der Waals surface area contributed by atoms with E-state index in [1.807, 2.05) is 0 Å². The number of carboxylic acids is 1. The number of rotatable bonds is 4. The Kier molecular flexibility index (Phi) is 4.31. The van der Waals surface area contributed by atoms with Crippen molar-refractivity contribution in [2.24, 2.45) is 0 Å². The normalized spacial score (nSPS) is 12.2. The lowest BCUT2D eigenvalue weighted by atomic mass is 10.2. The summed E-state index contributed by atoms with van der Waals surface area (Å²) in [5, 5.41) is 8.79. The summed E-state index contributed by atoms with van der Waals surface area (Å²) in [6, 6.07) is 2.27. The van der Waals surface area contributed by atoms with E-state index in [9.17, 15) is 26.4 Å². The van der Waals surface area contributed by atoms with Crippen LogP contribution >= 0.6 is 10.7 Å². The standard InChI is InChI=1S/C9H6ClF3O5S/c10-19(16,17)5-1-2-7(6(3-5)8(14)15)18-4-9(11,12)13/h1-3H,4H2,(H,14,15). The van der Waals surface area contributed by atoms with Crippen LogP contribution in [0.15, 0.2) is 23.1 Å². The zero-order chi connectivity index (χ0) is 14.8. The molecule has 0 saturated heterocycles. The molecule has 0 aliphatic carbocycles. The summed E-state index contributed by atoms with van der Waals surface area (Å²) in [5.41, 5.74) is -0.731. The van der Waals surface area contributed by atoms with Crippen molar-refractivity contribution in [2.45, 2.75) is 11.1 Å². The van der Waals surface area contributed by atoms with Crippen molar-refractivity contribution in [1.82, 2.24) is 0 Å². The van der Waals surface area contributed by atoms with Gasteiger partial charge in [0.2, 0.25) is 0 Å². The zero-order valence-corrected chi connectivity index (χ0v) is 10.5. The molecule has 1 aromatic rings.